The summed E-state index contributed by atoms with van der Waals surface area (Å²) in [6.45, 7) is 4.85. The summed E-state index contributed by atoms with van der Waals surface area (Å²) in [5, 5.41) is 25.7. The zero-order valence-electron chi connectivity index (χ0n) is 16.8. The van der Waals surface area contributed by atoms with Gasteiger partial charge in [0.05, 0.1) is 5.92 Å². The van der Waals surface area contributed by atoms with Crippen molar-refractivity contribution in [2.24, 2.45) is 11.8 Å². The van der Waals surface area contributed by atoms with Gasteiger partial charge >= 0.3 is 0 Å². The minimum absolute atomic E-state index is 0.0170. The third kappa shape index (κ3) is 6.57. The maximum atomic E-state index is 13.0. The van der Waals surface area contributed by atoms with E-state index in [4.69, 9.17) is 28.4 Å². The van der Waals surface area contributed by atoms with Crippen LogP contribution in [0.2, 0.25) is 10.0 Å². The number of carbonyl (C=O) groups excluding carboxylic acids is 3. The van der Waals surface area contributed by atoms with Crippen LogP contribution < -0.4 is 16.1 Å². The van der Waals surface area contributed by atoms with Gasteiger partial charge in [0.15, 0.2) is 5.60 Å². The first-order chi connectivity index (χ1) is 13.5. The second kappa shape index (κ2) is 10.8. The minimum Gasteiger partial charge on any atom is -0.379 e. The van der Waals surface area contributed by atoms with E-state index in [-0.39, 0.29) is 18.8 Å². The molecule has 0 aliphatic carbocycles. The van der Waals surface area contributed by atoms with Crippen LogP contribution in [0.5, 0.6) is 0 Å². The van der Waals surface area contributed by atoms with Gasteiger partial charge in [0.2, 0.25) is 11.8 Å². The van der Waals surface area contributed by atoms with E-state index in [0.717, 1.165) is 0 Å². The fourth-order valence-corrected chi connectivity index (χ4v) is 3.38. The summed E-state index contributed by atoms with van der Waals surface area (Å²) >= 11 is 12.1. The number of hydrogen-bond acceptors (Lipinski definition) is 5. The first kappa shape index (κ1) is 25.2. The minimum atomic E-state index is -2.15. The fraction of sp³-hybridized carbons (Fsp3) is 0.526. The molecule has 0 saturated heterocycles. The number of carbonyl (C=O) groups is 3. The van der Waals surface area contributed by atoms with Crippen LogP contribution in [0.4, 0.5) is 0 Å². The van der Waals surface area contributed by atoms with Crippen LogP contribution in [0.1, 0.15) is 32.8 Å². The number of aliphatic hydroxyl groups is 1. The molecule has 0 spiro atoms. The second-order valence-electron chi connectivity index (χ2n) is 7.30. The third-order valence-electron chi connectivity index (χ3n) is 4.63. The van der Waals surface area contributed by atoms with Crippen LogP contribution in [0.3, 0.4) is 0 Å². The van der Waals surface area contributed by atoms with Crippen LogP contribution in [0.25, 0.3) is 0 Å². The van der Waals surface area contributed by atoms with E-state index in [0.29, 0.717) is 15.6 Å². The number of likely N-dealkylation sites (N-methyl/N-ethyl adjacent to an activating group) is 1. The zero-order valence-corrected chi connectivity index (χ0v) is 18.3. The van der Waals surface area contributed by atoms with Gasteiger partial charge in [0.1, 0.15) is 6.04 Å². The van der Waals surface area contributed by atoms with Crippen molar-refractivity contribution in [1.82, 2.24) is 16.1 Å². The summed E-state index contributed by atoms with van der Waals surface area (Å²) in [6.07, 6.45) is -0.0467. The summed E-state index contributed by atoms with van der Waals surface area (Å²) in [5.74, 6) is -3.76. The Morgan fingerprint density at radius 2 is 1.76 bits per heavy atom. The topological polar surface area (TPSA) is 128 Å². The molecule has 0 fully saturated rings. The lowest BCUT2D eigenvalue weighted by Gasteiger charge is -2.34. The quantitative estimate of drug-likeness (QED) is 0.290. The second-order valence-corrected chi connectivity index (χ2v) is 8.14. The van der Waals surface area contributed by atoms with E-state index in [1.54, 1.807) is 32.0 Å². The van der Waals surface area contributed by atoms with Gasteiger partial charge in [-0.15, -0.1) is 0 Å². The lowest BCUT2D eigenvalue weighted by atomic mass is 9.80. The Balaban J connectivity index is 3.20. The van der Waals surface area contributed by atoms with E-state index >= 15 is 0 Å². The molecule has 3 unspecified atom stereocenters. The van der Waals surface area contributed by atoms with Crippen molar-refractivity contribution >= 4 is 40.9 Å². The van der Waals surface area contributed by atoms with Crippen LogP contribution >= 0.6 is 23.2 Å². The van der Waals surface area contributed by atoms with Crippen molar-refractivity contribution in [3.8, 4) is 0 Å². The van der Waals surface area contributed by atoms with Crippen molar-refractivity contribution < 1.29 is 24.7 Å². The number of amides is 3. The van der Waals surface area contributed by atoms with Gasteiger partial charge in [-0.3, -0.25) is 19.6 Å². The lowest BCUT2D eigenvalue weighted by Crippen LogP contribution is -2.60. The van der Waals surface area contributed by atoms with Gasteiger partial charge in [-0.2, -0.15) is 0 Å². The van der Waals surface area contributed by atoms with Gasteiger partial charge < -0.3 is 15.7 Å². The van der Waals surface area contributed by atoms with Gasteiger partial charge in [0.25, 0.3) is 5.91 Å². The van der Waals surface area contributed by atoms with Crippen molar-refractivity contribution in [2.45, 2.75) is 45.3 Å². The van der Waals surface area contributed by atoms with Gasteiger partial charge in [0, 0.05) is 23.5 Å². The molecule has 162 valence electrons. The molecule has 0 bridgehead atoms. The first-order valence-corrected chi connectivity index (χ1v) is 9.84. The number of hydroxylamine groups is 1. The summed E-state index contributed by atoms with van der Waals surface area (Å²) in [5.41, 5.74) is -0.169. The van der Waals surface area contributed by atoms with Gasteiger partial charge in [-0.25, -0.2) is 5.48 Å². The Morgan fingerprint density at radius 1 is 1.14 bits per heavy atom. The Kier molecular flexibility index (Phi) is 9.35. The predicted molar refractivity (Wildman–Crippen MR) is 110 cm³/mol. The Labute approximate surface area is 179 Å². The largest absolute Gasteiger partial charge is 0.379 e. The van der Waals surface area contributed by atoms with Crippen molar-refractivity contribution in [3.63, 3.8) is 0 Å². The maximum absolute atomic E-state index is 13.0. The standard InChI is InChI=1S/C19H27Cl2N3O5/c1-10(2)9-19(28,11(3)16(25)24-29)18(27)23-15(17(26)22-4)8-12-7-13(20)5-6-14(12)21/h5-7,10-11,15,28-29H,8-9H2,1-4H3,(H,22,26)(H,23,27)(H,24,25). The number of halogens is 2. The average molecular weight is 448 g/mol. The molecule has 1 aromatic rings. The normalized spacial score (nSPS) is 15.2. The fourth-order valence-electron chi connectivity index (χ4n) is 2.99. The van der Waals surface area contributed by atoms with Gasteiger partial charge in [-0.05, 0) is 36.1 Å². The van der Waals surface area contributed by atoms with E-state index in [9.17, 15) is 19.5 Å². The van der Waals surface area contributed by atoms with Crippen LogP contribution in [0, 0.1) is 11.8 Å². The lowest BCUT2D eigenvalue weighted by molar-refractivity contribution is -0.159. The van der Waals surface area contributed by atoms with Crippen molar-refractivity contribution in [2.75, 3.05) is 7.05 Å². The highest BCUT2D eigenvalue weighted by molar-refractivity contribution is 6.33. The van der Waals surface area contributed by atoms with Gasteiger partial charge in [-0.1, -0.05) is 44.0 Å². The number of rotatable bonds is 9. The molecule has 5 N–H and O–H groups in total. The Bertz CT molecular complexity index is 759. The van der Waals surface area contributed by atoms with E-state index < -0.39 is 35.3 Å². The molecule has 0 radical (unpaired) electrons. The highest BCUT2D eigenvalue weighted by atomic mass is 35.5. The number of benzene rings is 1. The molecule has 1 rings (SSSR count). The molecule has 1 aromatic carbocycles. The number of hydrogen-bond donors (Lipinski definition) is 5. The third-order valence-corrected chi connectivity index (χ3v) is 5.24. The molecule has 0 saturated carbocycles. The SMILES string of the molecule is CNC(=O)C(Cc1cc(Cl)ccc1Cl)NC(=O)C(O)(CC(C)C)C(C)C(=O)NO. The maximum Gasteiger partial charge on any atom is 0.253 e. The molecular weight excluding hydrogens is 421 g/mol. The summed E-state index contributed by atoms with van der Waals surface area (Å²) in [4.78, 5) is 37.2. The predicted octanol–water partition coefficient (Wildman–Crippen LogP) is 1.69. The van der Waals surface area contributed by atoms with E-state index in [1.807, 2.05) is 0 Å². The zero-order chi connectivity index (χ0) is 22.4. The summed E-state index contributed by atoms with van der Waals surface area (Å²) in [7, 11) is 1.41. The van der Waals surface area contributed by atoms with Crippen LogP contribution in [0.15, 0.2) is 18.2 Å². The van der Waals surface area contributed by atoms with Crippen LogP contribution in [-0.2, 0) is 20.8 Å². The first-order valence-electron chi connectivity index (χ1n) is 9.09. The molecule has 8 nitrogen and oxygen atoms in total. The smallest absolute Gasteiger partial charge is 0.253 e. The monoisotopic (exact) mass is 447 g/mol. The molecule has 10 heteroatoms. The molecular formula is C19H27Cl2N3O5. The van der Waals surface area contributed by atoms with Crippen molar-refractivity contribution in [3.05, 3.63) is 33.8 Å². The highest BCUT2D eigenvalue weighted by Gasteiger charge is 2.46. The summed E-state index contributed by atoms with van der Waals surface area (Å²) in [6, 6.07) is 3.67. The average Bonchev–Trinajstić information content (AvgIpc) is 2.67. The molecule has 0 heterocycles. The Morgan fingerprint density at radius 3 is 2.28 bits per heavy atom. The molecule has 29 heavy (non-hydrogen) atoms. The van der Waals surface area contributed by atoms with E-state index in [2.05, 4.69) is 10.6 Å². The molecule has 3 amide bonds. The van der Waals surface area contributed by atoms with Crippen LogP contribution in [-0.4, -0.2) is 46.7 Å². The molecule has 0 aliphatic heterocycles. The van der Waals surface area contributed by atoms with E-state index in [1.165, 1.54) is 19.5 Å². The molecule has 3 atom stereocenters. The Hall–Kier alpha value is -1.87. The highest BCUT2D eigenvalue weighted by Crippen LogP contribution is 2.27. The number of nitrogens with one attached hydrogen (secondary N) is 3. The molecule has 0 aliphatic rings. The summed E-state index contributed by atoms with van der Waals surface area (Å²) < 4.78 is 0. The van der Waals surface area contributed by atoms with Crippen molar-refractivity contribution in [1.29, 1.82) is 0 Å². The molecule has 0 aromatic heterocycles.